The van der Waals surface area contributed by atoms with E-state index < -0.39 is 0 Å². The molecule has 0 aliphatic rings. The molecule has 84 valence electrons. The van der Waals surface area contributed by atoms with Gasteiger partial charge >= 0.3 is 0 Å². The number of rotatable bonds is 6. The summed E-state index contributed by atoms with van der Waals surface area (Å²) in [6.45, 7) is 4.88. The van der Waals surface area contributed by atoms with E-state index >= 15 is 0 Å². The van der Waals surface area contributed by atoms with Gasteiger partial charge in [-0.15, -0.1) is 0 Å². The van der Waals surface area contributed by atoms with Crippen molar-refractivity contribution in [3.63, 3.8) is 0 Å². The van der Waals surface area contributed by atoms with Crippen molar-refractivity contribution in [2.75, 3.05) is 23.4 Å². The molecule has 0 atom stereocenters. The van der Waals surface area contributed by atoms with E-state index in [-0.39, 0.29) is 5.82 Å². The maximum absolute atomic E-state index is 13.4. The predicted octanol–water partition coefficient (Wildman–Crippen LogP) is 3.69. The molecule has 0 radical (unpaired) electrons. The molecule has 0 saturated heterocycles. The maximum atomic E-state index is 13.4. The lowest BCUT2D eigenvalue weighted by atomic mass is 10.2. The first-order valence-corrected chi connectivity index (χ1v) is 6.47. The van der Waals surface area contributed by atoms with Crippen LogP contribution in [0.4, 0.5) is 10.1 Å². The topological polar surface area (TPSA) is 12.0 Å². The minimum Gasteiger partial charge on any atom is -0.383 e. The van der Waals surface area contributed by atoms with Gasteiger partial charge in [0.15, 0.2) is 0 Å². The average molecular weight is 227 g/mol. The van der Waals surface area contributed by atoms with Crippen LogP contribution in [0.2, 0.25) is 0 Å². The zero-order chi connectivity index (χ0) is 11.1. The SMILES string of the molecule is CCSCCCNc1ccc(C)cc1F. The third kappa shape index (κ3) is 4.56. The Morgan fingerprint density at radius 3 is 2.87 bits per heavy atom. The van der Waals surface area contributed by atoms with Gasteiger partial charge in [-0.2, -0.15) is 11.8 Å². The number of benzene rings is 1. The first-order chi connectivity index (χ1) is 7.24. The Hall–Kier alpha value is -0.700. The minimum absolute atomic E-state index is 0.154. The average Bonchev–Trinajstić information content (AvgIpc) is 2.20. The highest BCUT2D eigenvalue weighted by molar-refractivity contribution is 7.99. The molecule has 0 spiro atoms. The summed E-state index contributed by atoms with van der Waals surface area (Å²) in [5.41, 5.74) is 1.57. The number of hydrogen-bond acceptors (Lipinski definition) is 2. The summed E-state index contributed by atoms with van der Waals surface area (Å²) in [4.78, 5) is 0. The Morgan fingerprint density at radius 2 is 2.20 bits per heavy atom. The molecule has 0 aromatic heterocycles. The van der Waals surface area contributed by atoms with Crippen LogP contribution in [0.25, 0.3) is 0 Å². The van der Waals surface area contributed by atoms with Crippen molar-refractivity contribution in [2.24, 2.45) is 0 Å². The fourth-order valence-electron chi connectivity index (χ4n) is 1.31. The van der Waals surface area contributed by atoms with E-state index in [1.807, 2.05) is 24.8 Å². The van der Waals surface area contributed by atoms with Crippen molar-refractivity contribution in [3.05, 3.63) is 29.6 Å². The van der Waals surface area contributed by atoms with Crippen LogP contribution in [0.3, 0.4) is 0 Å². The van der Waals surface area contributed by atoms with Crippen LogP contribution in [0.15, 0.2) is 18.2 Å². The van der Waals surface area contributed by atoms with Crippen LogP contribution in [0.1, 0.15) is 18.9 Å². The number of halogens is 1. The highest BCUT2D eigenvalue weighted by atomic mass is 32.2. The van der Waals surface area contributed by atoms with Gasteiger partial charge in [-0.25, -0.2) is 4.39 Å². The Kier molecular flexibility index (Phi) is 5.54. The molecule has 1 rings (SSSR count). The van der Waals surface area contributed by atoms with Crippen LogP contribution in [-0.4, -0.2) is 18.1 Å². The Balaban J connectivity index is 2.31. The van der Waals surface area contributed by atoms with Gasteiger partial charge in [-0.3, -0.25) is 0 Å². The number of thioether (sulfide) groups is 1. The number of nitrogens with one attached hydrogen (secondary N) is 1. The van der Waals surface area contributed by atoms with Crippen molar-refractivity contribution < 1.29 is 4.39 Å². The van der Waals surface area contributed by atoms with Crippen molar-refractivity contribution in [3.8, 4) is 0 Å². The second-order valence-electron chi connectivity index (χ2n) is 3.46. The smallest absolute Gasteiger partial charge is 0.146 e. The fourth-order valence-corrected chi connectivity index (χ4v) is 1.94. The molecule has 1 aromatic rings. The molecule has 1 nitrogen and oxygen atoms in total. The fraction of sp³-hybridized carbons (Fsp3) is 0.500. The van der Waals surface area contributed by atoms with Crippen molar-refractivity contribution in [1.29, 1.82) is 0 Å². The molecule has 1 aromatic carbocycles. The molecule has 15 heavy (non-hydrogen) atoms. The van der Waals surface area contributed by atoms with Crippen LogP contribution >= 0.6 is 11.8 Å². The summed E-state index contributed by atoms with van der Waals surface area (Å²) >= 11 is 1.92. The zero-order valence-electron chi connectivity index (χ0n) is 9.35. The van der Waals surface area contributed by atoms with Gasteiger partial charge in [-0.05, 0) is 42.5 Å². The van der Waals surface area contributed by atoms with Gasteiger partial charge in [-0.1, -0.05) is 13.0 Å². The lowest BCUT2D eigenvalue weighted by molar-refractivity contribution is 0.629. The molecular weight excluding hydrogens is 209 g/mol. The Bertz CT molecular complexity index is 302. The van der Waals surface area contributed by atoms with Gasteiger partial charge in [0, 0.05) is 6.54 Å². The molecule has 1 N–H and O–H groups in total. The molecule has 0 aliphatic heterocycles. The molecular formula is C12H18FNS. The molecule has 3 heteroatoms. The third-order valence-corrected chi connectivity index (χ3v) is 3.10. The highest BCUT2D eigenvalue weighted by Crippen LogP contribution is 2.15. The van der Waals surface area contributed by atoms with Gasteiger partial charge in [0.2, 0.25) is 0 Å². The lowest BCUT2D eigenvalue weighted by Crippen LogP contribution is -2.04. The molecule has 0 bridgehead atoms. The van der Waals surface area contributed by atoms with Gasteiger partial charge in [0.05, 0.1) is 5.69 Å². The standard InChI is InChI=1S/C12H18FNS/c1-3-15-8-4-7-14-12-6-5-10(2)9-11(12)13/h5-6,9,14H,3-4,7-8H2,1-2H3. The van der Waals surface area contributed by atoms with Crippen molar-refractivity contribution in [1.82, 2.24) is 0 Å². The Labute approximate surface area is 95.5 Å². The highest BCUT2D eigenvalue weighted by Gasteiger charge is 2.00. The summed E-state index contributed by atoms with van der Waals surface area (Å²) in [6.07, 6.45) is 1.08. The summed E-state index contributed by atoms with van der Waals surface area (Å²) in [5, 5.41) is 3.11. The summed E-state index contributed by atoms with van der Waals surface area (Å²) in [5.74, 6) is 2.13. The molecule has 0 fully saturated rings. The van der Waals surface area contributed by atoms with E-state index in [1.165, 1.54) is 0 Å². The van der Waals surface area contributed by atoms with Crippen LogP contribution in [-0.2, 0) is 0 Å². The second-order valence-corrected chi connectivity index (χ2v) is 4.85. The summed E-state index contributed by atoms with van der Waals surface area (Å²) < 4.78 is 13.4. The maximum Gasteiger partial charge on any atom is 0.146 e. The minimum atomic E-state index is -0.154. The summed E-state index contributed by atoms with van der Waals surface area (Å²) in [6, 6.07) is 5.28. The zero-order valence-corrected chi connectivity index (χ0v) is 10.2. The molecule has 0 amide bonds. The molecule has 0 heterocycles. The van der Waals surface area contributed by atoms with E-state index in [9.17, 15) is 4.39 Å². The third-order valence-electron chi connectivity index (χ3n) is 2.11. The molecule has 0 aliphatic carbocycles. The van der Waals surface area contributed by atoms with E-state index in [0.29, 0.717) is 5.69 Å². The van der Waals surface area contributed by atoms with E-state index in [1.54, 1.807) is 12.1 Å². The van der Waals surface area contributed by atoms with E-state index in [0.717, 1.165) is 30.0 Å². The molecule has 0 unspecified atom stereocenters. The molecule has 0 saturated carbocycles. The normalized spacial score (nSPS) is 10.3. The van der Waals surface area contributed by atoms with Crippen LogP contribution < -0.4 is 5.32 Å². The van der Waals surface area contributed by atoms with E-state index in [4.69, 9.17) is 0 Å². The van der Waals surface area contributed by atoms with Gasteiger partial charge < -0.3 is 5.32 Å². The predicted molar refractivity (Wildman–Crippen MR) is 67.2 cm³/mol. The summed E-state index contributed by atoms with van der Waals surface area (Å²) in [7, 11) is 0. The lowest BCUT2D eigenvalue weighted by Gasteiger charge is -2.07. The number of anilines is 1. The quantitative estimate of drug-likeness (QED) is 0.744. The van der Waals surface area contributed by atoms with Gasteiger partial charge in [0.25, 0.3) is 0 Å². The number of hydrogen-bond donors (Lipinski definition) is 1. The largest absolute Gasteiger partial charge is 0.383 e. The first kappa shape index (κ1) is 12.4. The van der Waals surface area contributed by atoms with Crippen LogP contribution in [0.5, 0.6) is 0 Å². The Morgan fingerprint density at radius 1 is 1.40 bits per heavy atom. The monoisotopic (exact) mass is 227 g/mol. The van der Waals surface area contributed by atoms with Gasteiger partial charge in [0.1, 0.15) is 5.82 Å². The second kappa shape index (κ2) is 6.72. The van der Waals surface area contributed by atoms with E-state index in [2.05, 4.69) is 12.2 Å². The van der Waals surface area contributed by atoms with Crippen LogP contribution in [0, 0.1) is 12.7 Å². The number of aryl methyl sites for hydroxylation is 1. The van der Waals surface area contributed by atoms with Crippen molar-refractivity contribution >= 4 is 17.4 Å². The van der Waals surface area contributed by atoms with Crippen molar-refractivity contribution in [2.45, 2.75) is 20.3 Å². The first-order valence-electron chi connectivity index (χ1n) is 5.32.